The molecule has 0 fully saturated rings. The van der Waals surface area contributed by atoms with Gasteiger partial charge in [0.2, 0.25) is 5.91 Å². The van der Waals surface area contributed by atoms with Crippen molar-refractivity contribution in [2.75, 3.05) is 11.4 Å². The highest BCUT2D eigenvalue weighted by atomic mass is 32.2. The van der Waals surface area contributed by atoms with E-state index in [2.05, 4.69) is 10.2 Å². The molecule has 0 aliphatic rings. The fourth-order valence-electron chi connectivity index (χ4n) is 2.90. The number of benzene rings is 3. The minimum atomic E-state index is -4.42. The molecular weight excluding hydrogens is 440 g/mol. The van der Waals surface area contributed by atoms with E-state index in [0.29, 0.717) is 16.5 Å². The molecule has 0 radical (unpaired) electrons. The van der Waals surface area contributed by atoms with Gasteiger partial charge in [0.15, 0.2) is 0 Å². The smallest absolute Gasteiger partial charge is 0.282 e. The number of non-ortho nitro benzene ring substituents is 1. The van der Waals surface area contributed by atoms with Crippen LogP contribution in [0, 0.1) is 10.1 Å². The highest BCUT2D eigenvalue weighted by Crippen LogP contribution is 2.25. The first kappa shape index (κ1) is 22.7. The topological polar surface area (TPSA) is 160 Å². The molecule has 0 atom stereocenters. The molecule has 3 rings (SSSR count). The van der Waals surface area contributed by atoms with E-state index in [4.69, 9.17) is 0 Å². The summed E-state index contributed by atoms with van der Waals surface area (Å²) in [7, 11) is -4.42. The molecule has 0 saturated carbocycles. The molecule has 32 heavy (non-hydrogen) atoms. The zero-order valence-corrected chi connectivity index (χ0v) is 17.4. The molecule has 0 bridgehead atoms. The second kappa shape index (κ2) is 8.99. The van der Waals surface area contributed by atoms with Gasteiger partial charge < -0.3 is 0 Å². The molecule has 0 aliphatic carbocycles. The number of imide groups is 1. The van der Waals surface area contributed by atoms with Gasteiger partial charge in [0.1, 0.15) is 6.54 Å². The first-order chi connectivity index (χ1) is 15.1. The van der Waals surface area contributed by atoms with Crippen molar-refractivity contribution in [2.45, 2.75) is 11.8 Å². The Hall–Kier alpha value is -4.03. The maximum Gasteiger partial charge on any atom is 0.294 e. The molecule has 0 heterocycles. The van der Waals surface area contributed by atoms with Gasteiger partial charge in [-0.2, -0.15) is 18.6 Å². The van der Waals surface area contributed by atoms with Gasteiger partial charge in [-0.3, -0.25) is 24.3 Å². The van der Waals surface area contributed by atoms with Gasteiger partial charge in [-0.15, -0.1) is 0 Å². The predicted octanol–water partition coefficient (Wildman–Crippen LogP) is 3.66. The largest absolute Gasteiger partial charge is 0.294 e. The number of hydrogen-bond donors (Lipinski definition) is 1. The molecule has 0 unspecified atom stereocenters. The molecule has 0 saturated heterocycles. The fraction of sp³-hybridized carbons (Fsp3) is 0.100. The Labute approximate surface area is 181 Å². The Morgan fingerprint density at radius 2 is 1.69 bits per heavy atom. The summed E-state index contributed by atoms with van der Waals surface area (Å²) in [4.78, 5) is 35.4. The number of azo groups is 1. The Bertz CT molecular complexity index is 1350. The lowest BCUT2D eigenvalue weighted by Crippen LogP contribution is -2.36. The van der Waals surface area contributed by atoms with Crippen LogP contribution in [0.25, 0.3) is 10.8 Å². The van der Waals surface area contributed by atoms with Crippen molar-refractivity contribution in [3.05, 3.63) is 70.8 Å². The second-order valence-electron chi connectivity index (χ2n) is 6.59. The van der Waals surface area contributed by atoms with Crippen molar-refractivity contribution in [3.8, 4) is 0 Å². The van der Waals surface area contributed by atoms with Gasteiger partial charge in [-0.1, -0.05) is 12.1 Å². The molecular formula is C20H16N4O7S. The van der Waals surface area contributed by atoms with E-state index in [1.54, 1.807) is 6.07 Å². The van der Waals surface area contributed by atoms with Crippen LogP contribution in [-0.4, -0.2) is 36.3 Å². The summed E-state index contributed by atoms with van der Waals surface area (Å²) in [5.41, 5.74) is 0.366. The van der Waals surface area contributed by atoms with Crippen LogP contribution in [0.5, 0.6) is 0 Å². The SMILES string of the molecule is CC(=O)N(C(=O)CN=Nc1ccc([N+](=O)[O-])cc1)c1ccc2ccc(S(=O)(=O)O)cc2c1. The van der Waals surface area contributed by atoms with Crippen molar-refractivity contribution >= 4 is 49.8 Å². The molecule has 2 amide bonds. The van der Waals surface area contributed by atoms with Crippen LogP contribution < -0.4 is 4.90 Å². The van der Waals surface area contributed by atoms with Crippen LogP contribution >= 0.6 is 0 Å². The van der Waals surface area contributed by atoms with E-state index in [0.717, 1.165) is 4.90 Å². The first-order valence-corrected chi connectivity index (χ1v) is 10.5. The van der Waals surface area contributed by atoms with Gasteiger partial charge >= 0.3 is 0 Å². The zero-order valence-electron chi connectivity index (χ0n) is 16.6. The van der Waals surface area contributed by atoms with Crippen molar-refractivity contribution in [3.63, 3.8) is 0 Å². The molecule has 1 N–H and O–H groups in total. The minimum Gasteiger partial charge on any atom is -0.282 e. The molecule has 0 aromatic heterocycles. The number of carbonyl (C=O) groups excluding carboxylic acids is 2. The molecule has 0 aliphatic heterocycles. The van der Waals surface area contributed by atoms with Crippen LogP contribution in [0.3, 0.4) is 0 Å². The number of nitro benzene ring substituents is 1. The number of fused-ring (bicyclic) bond motifs is 1. The van der Waals surface area contributed by atoms with Gasteiger partial charge in [0.05, 0.1) is 21.2 Å². The summed E-state index contributed by atoms with van der Waals surface area (Å²) in [6, 6.07) is 13.7. The number of nitro groups is 1. The summed E-state index contributed by atoms with van der Waals surface area (Å²) in [6.45, 7) is 0.712. The molecule has 164 valence electrons. The number of rotatable bonds is 6. The van der Waals surface area contributed by atoms with Crippen molar-refractivity contribution in [1.29, 1.82) is 0 Å². The lowest BCUT2D eigenvalue weighted by atomic mass is 10.1. The van der Waals surface area contributed by atoms with Gasteiger partial charge in [0, 0.05) is 19.1 Å². The van der Waals surface area contributed by atoms with Gasteiger partial charge in [-0.25, -0.2) is 4.90 Å². The Balaban J connectivity index is 1.83. The summed E-state index contributed by atoms with van der Waals surface area (Å²) < 4.78 is 32.0. The van der Waals surface area contributed by atoms with E-state index >= 15 is 0 Å². The van der Waals surface area contributed by atoms with Crippen molar-refractivity contribution < 1.29 is 27.5 Å². The summed E-state index contributed by atoms with van der Waals surface area (Å²) in [5, 5.41) is 19.3. The zero-order chi connectivity index (χ0) is 23.5. The predicted molar refractivity (Wildman–Crippen MR) is 114 cm³/mol. The highest BCUT2D eigenvalue weighted by molar-refractivity contribution is 7.85. The highest BCUT2D eigenvalue weighted by Gasteiger charge is 2.20. The monoisotopic (exact) mass is 456 g/mol. The third kappa shape index (κ3) is 5.17. The third-order valence-electron chi connectivity index (χ3n) is 4.37. The third-order valence-corrected chi connectivity index (χ3v) is 5.22. The minimum absolute atomic E-state index is 0.115. The molecule has 3 aromatic rings. The number of anilines is 1. The van der Waals surface area contributed by atoms with Crippen LogP contribution in [0.1, 0.15) is 6.92 Å². The van der Waals surface area contributed by atoms with Crippen LogP contribution in [0.4, 0.5) is 17.1 Å². The number of amides is 2. The van der Waals surface area contributed by atoms with Gasteiger partial charge in [0.25, 0.3) is 21.7 Å². The van der Waals surface area contributed by atoms with E-state index in [9.17, 15) is 32.7 Å². The van der Waals surface area contributed by atoms with E-state index in [1.807, 2.05) is 0 Å². The van der Waals surface area contributed by atoms with E-state index < -0.39 is 33.4 Å². The molecule has 12 heteroatoms. The second-order valence-corrected chi connectivity index (χ2v) is 8.01. The summed E-state index contributed by atoms with van der Waals surface area (Å²) >= 11 is 0. The average molecular weight is 456 g/mol. The maximum atomic E-state index is 12.6. The Kier molecular flexibility index (Phi) is 6.37. The normalized spacial score (nSPS) is 11.6. The Morgan fingerprint density at radius 1 is 1.03 bits per heavy atom. The molecule has 11 nitrogen and oxygen atoms in total. The van der Waals surface area contributed by atoms with Crippen molar-refractivity contribution in [1.82, 2.24) is 0 Å². The quantitative estimate of drug-likeness (QED) is 0.256. The molecule has 0 spiro atoms. The van der Waals surface area contributed by atoms with E-state index in [-0.39, 0.29) is 16.3 Å². The van der Waals surface area contributed by atoms with Gasteiger partial charge in [-0.05, 0) is 47.2 Å². The fourth-order valence-corrected chi connectivity index (χ4v) is 3.42. The summed E-state index contributed by atoms with van der Waals surface area (Å²) in [5.74, 6) is -1.28. The lowest BCUT2D eigenvalue weighted by molar-refractivity contribution is -0.384. The number of nitrogens with zero attached hydrogens (tertiary/aromatic N) is 4. The molecule has 3 aromatic carbocycles. The summed E-state index contributed by atoms with van der Waals surface area (Å²) in [6.07, 6.45) is 0. The van der Waals surface area contributed by atoms with E-state index in [1.165, 1.54) is 61.5 Å². The number of hydrogen-bond acceptors (Lipinski definition) is 8. The first-order valence-electron chi connectivity index (χ1n) is 9.03. The average Bonchev–Trinajstić information content (AvgIpc) is 2.73. The Morgan fingerprint density at radius 3 is 2.28 bits per heavy atom. The van der Waals surface area contributed by atoms with Crippen LogP contribution in [0.15, 0.2) is 75.8 Å². The van der Waals surface area contributed by atoms with Crippen molar-refractivity contribution in [2.24, 2.45) is 10.2 Å². The number of carbonyl (C=O) groups is 2. The van der Waals surface area contributed by atoms with Crippen LogP contribution in [-0.2, 0) is 19.7 Å². The van der Waals surface area contributed by atoms with Crippen LogP contribution in [0.2, 0.25) is 0 Å². The maximum absolute atomic E-state index is 12.6. The lowest BCUT2D eigenvalue weighted by Gasteiger charge is -2.18. The standard InChI is InChI=1S/C20H16N4O7S/c1-13(25)23(20(26)12-21-22-16-4-7-17(8-5-16)24(27)28)18-6-2-14-3-9-19(32(29,30)31)11-15(14)10-18/h2-11H,12H2,1H3,(H,29,30,31).